The van der Waals surface area contributed by atoms with Gasteiger partial charge in [-0.15, -0.1) is 12.4 Å². The number of benzene rings is 1. The second-order valence-corrected chi connectivity index (χ2v) is 6.18. The molecule has 1 aliphatic carbocycles. The monoisotopic (exact) mass is 346 g/mol. The average molecular weight is 347 g/mol. The molecule has 2 aromatic heterocycles. The van der Waals surface area contributed by atoms with Gasteiger partial charge in [0.1, 0.15) is 0 Å². The average Bonchev–Trinajstić information content (AvgIpc) is 3.27. The van der Waals surface area contributed by atoms with Gasteiger partial charge in [-0.25, -0.2) is 4.98 Å². The van der Waals surface area contributed by atoms with Gasteiger partial charge < -0.3 is 14.7 Å². The minimum atomic E-state index is -0.477. The zero-order chi connectivity index (χ0) is 15.9. The number of aromatic nitrogens is 3. The number of aryl methyl sites for hydroxylation is 1. The summed E-state index contributed by atoms with van der Waals surface area (Å²) in [5.41, 5.74) is 8.56. The third kappa shape index (κ3) is 2.83. The molecule has 0 atom stereocenters. The lowest BCUT2D eigenvalue weighted by molar-refractivity contribution is 0.372. The molecule has 1 fully saturated rings. The van der Waals surface area contributed by atoms with Gasteiger partial charge in [-0.2, -0.15) is 4.98 Å². The molecule has 7 heteroatoms. The molecule has 1 aliphatic rings. The van der Waals surface area contributed by atoms with E-state index in [0.717, 1.165) is 31.2 Å². The smallest absolute Gasteiger partial charge is 0.280 e. The molecule has 0 aliphatic heterocycles. The zero-order valence-electron chi connectivity index (χ0n) is 13.4. The van der Waals surface area contributed by atoms with Crippen LogP contribution in [0.25, 0.3) is 22.9 Å². The van der Waals surface area contributed by atoms with Crippen LogP contribution in [0.2, 0.25) is 0 Å². The molecule has 24 heavy (non-hydrogen) atoms. The fourth-order valence-electron chi connectivity index (χ4n) is 3.06. The van der Waals surface area contributed by atoms with Crippen molar-refractivity contribution in [3.05, 3.63) is 42.0 Å². The van der Waals surface area contributed by atoms with E-state index in [-0.39, 0.29) is 12.4 Å². The Balaban J connectivity index is 0.00000169. The maximum absolute atomic E-state index is 6.38. The van der Waals surface area contributed by atoms with Crippen LogP contribution in [0.4, 0.5) is 0 Å². The number of hydrogen-bond donors (Lipinski definition) is 1. The third-order valence-corrected chi connectivity index (χ3v) is 4.45. The molecular weight excluding hydrogens is 328 g/mol. The van der Waals surface area contributed by atoms with E-state index in [2.05, 4.69) is 15.1 Å². The lowest BCUT2D eigenvalue weighted by atomic mass is 9.99. The van der Waals surface area contributed by atoms with Crippen molar-refractivity contribution in [3.63, 3.8) is 0 Å². The highest BCUT2D eigenvalue weighted by Gasteiger charge is 2.36. The largest absolute Gasteiger partial charge is 0.443 e. The molecule has 126 valence electrons. The summed E-state index contributed by atoms with van der Waals surface area (Å²) < 4.78 is 10.9. The molecular formula is C17H19ClN4O2. The first-order valence-electron chi connectivity index (χ1n) is 7.80. The molecule has 6 nitrogen and oxygen atoms in total. The van der Waals surface area contributed by atoms with Gasteiger partial charge in [-0.3, -0.25) is 0 Å². The molecule has 2 heterocycles. The molecule has 2 N–H and O–H groups in total. The molecule has 0 unspecified atom stereocenters. The Kier molecular flexibility index (Phi) is 4.43. The van der Waals surface area contributed by atoms with Crippen LogP contribution in [0.15, 0.2) is 39.6 Å². The van der Waals surface area contributed by atoms with Crippen LogP contribution in [0.5, 0.6) is 0 Å². The summed E-state index contributed by atoms with van der Waals surface area (Å²) in [5.74, 6) is 1.53. The van der Waals surface area contributed by atoms with Crippen molar-refractivity contribution < 1.29 is 8.94 Å². The van der Waals surface area contributed by atoms with Crippen molar-refractivity contribution in [1.29, 1.82) is 0 Å². The second-order valence-electron chi connectivity index (χ2n) is 6.18. The van der Waals surface area contributed by atoms with Gasteiger partial charge in [0, 0.05) is 5.56 Å². The molecule has 1 aromatic carbocycles. The SMILES string of the molecule is Cc1ccc(-c2ocnc2-c2nc(C3(N)CCCC3)no2)cc1.Cl. The lowest BCUT2D eigenvalue weighted by Gasteiger charge is -2.17. The lowest BCUT2D eigenvalue weighted by Crippen LogP contribution is -2.34. The van der Waals surface area contributed by atoms with Crippen LogP contribution < -0.4 is 5.73 Å². The Bertz CT molecular complexity index is 819. The summed E-state index contributed by atoms with van der Waals surface area (Å²) in [5, 5.41) is 4.08. The first-order valence-corrected chi connectivity index (χ1v) is 7.80. The maximum Gasteiger partial charge on any atom is 0.280 e. The number of nitrogens with two attached hydrogens (primary N) is 1. The number of halogens is 1. The minimum Gasteiger partial charge on any atom is -0.443 e. The van der Waals surface area contributed by atoms with Crippen molar-refractivity contribution in [3.8, 4) is 22.9 Å². The molecule has 4 rings (SSSR count). The third-order valence-electron chi connectivity index (χ3n) is 4.45. The summed E-state index contributed by atoms with van der Waals surface area (Å²) >= 11 is 0. The van der Waals surface area contributed by atoms with E-state index in [1.54, 1.807) is 0 Å². The predicted molar refractivity (Wildman–Crippen MR) is 91.5 cm³/mol. The molecule has 1 saturated carbocycles. The second kappa shape index (κ2) is 6.37. The van der Waals surface area contributed by atoms with Gasteiger partial charge >= 0.3 is 0 Å². The Morgan fingerprint density at radius 2 is 1.83 bits per heavy atom. The Morgan fingerprint density at radius 1 is 1.12 bits per heavy atom. The Hall–Kier alpha value is -2.18. The summed E-state index contributed by atoms with van der Waals surface area (Å²) in [6.07, 6.45) is 5.35. The first-order chi connectivity index (χ1) is 11.2. The Labute approximate surface area is 145 Å². The normalized spacial score (nSPS) is 16.1. The number of rotatable bonds is 3. The van der Waals surface area contributed by atoms with E-state index in [1.807, 2.05) is 31.2 Å². The topological polar surface area (TPSA) is 91.0 Å². The molecule has 0 saturated heterocycles. The van der Waals surface area contributed by atoms with Crippen LogP contribution in [0, 0.1) is 6.92 Å². The van der Waals surface area contributed by atoms with Crippen molar-refractivity contribution in [2.24, 2.45) is 5.73 Å². The molecule has 0 amide bonds. The summed E-state index contributed by atoms with van der Waals surface area (Å²) in [7, 11) is 0. The standard InChI is InChI=1S/C17H18N4O2.ClH/c1-11-4-6-12(7-5-11)14-13(19-10-22-14)15-20-16(21-23-15)17(18)8-2-3-9-17;/h4-7,10H,2-3,8-9,18H2,1H3;1H. The van der Waals surface area contributed by atoms with E-state index in [1.165, 1.54) is 12.0 Å². The van der Waals surface area contributed by atoms with Crippen molar-refractivity contribution in [2.45, 2.75) is 38.1 Å². The van der Waals surface area contributed by atoms with Crippen LogP contribution in [-0.4, -0.2) is 15.1 Å². The number of oxazole rings is 1. The van der Waals surface area contributed by atoms with Crippen LogP contribution in [0.1, 0.15) is 37.1 Å². The molecule has 0 spiro atoms. The van der Waals surface area contributed by atoms with Gasteiger partial charge in [-0.05, 0) is 19.8 Å². The fourth-order valence-corrected chi connectivity index (χ4v) is 3.06. The van der Waals surface area contributed by atoms with Crippen molar-refractivity contribution >= 4 is 12.4 Å². The van der Waals surface area contributed by atoms with Crippen molar-refractivity contribution in [2.75, 3.05) is 0 Å². The Morgan fingerprint density at radius 3 is 2.54 bits per heavy atom. The van der Waals surface area contributed by atoms with Gasteiger partial charge in [0.05, 0.1) is 5.54 Å². The molecule has 3 aromatic rings. The summed E-state index contributed by atoms with van der Waals surface area (Å²) in [4.78, 5) is 8.73. The van der Waals surface area contributed by atoms with Gasteiger partial charge in [0.25, 0.3) is 5.89 Å². The van der Waals surface area contributed by atoms with E-state index in [4.69, 9.17) is 14.7 Å². The van der Waals surface area contributed by atoms with Crippen LogP contribution in [0.3, 0.4) is 0 Å². The molecule has 0 bridgehead atoms. The first kappa shape index (κ1) is 16.7. The van der Waals surface area contributed by atoms with Crippen molar-refractivity contribution in [1.82, 2.24) is 15.1 Å². The minimum absolute atomic E-state index is 0. The maximum atomic E-state index is 6.38. The molecule has 0 radical (unpaired) electrons. The number of hydrogen-bond acceptors (Lipinski definition) is 6. The van der Waals surface area contributed by atoms with Gasteiger partial charge in [0.2, 0.25) is 0 Å². The highest BCUT2D eigenvalue weighted by molar-refractivity contribution is 5.85. The van der Waals surface area contributed by atoms with E-state index in [0.29, 0.717) is 23.2 Å². The number of nitrogens with zero attached hydrogens (tertiary/aromatic N) is 3. The fraction of sp³-hybridized carbons (Fsp3) is 0.353. The highest BCUT2D eigenvalue weighted by atomic mass is 35.5. The van der Waals surface area contributed by atoms with E-state index >= 15 is 0 Å². The highest BCUT2D eigenvalue weighted by Crippen LogP contribution is 2.36. The predicted octanol–water partition coefficient (Wildman–Crippen LogP) is 3.85. The summed E-state index contributed by atoms with van der Waals surface area (Å²) in [6, 6.07) is 8.01. The summed E-state index contributed by atoms with van der Waals surface area (Å²) in [6.45, 7) is 2.04. The van der Waals surface area contributed by atoms with Gasteiger partial charge in [0.15, 0.2) is 23.7 Å². The quantitative estimate of drug-likeness (QED) is 0.774. The van der Waals surface area contributed by atoms with Gasteiger partial charge in [-0.1, -0.05) is 47.8 Å². The van der Waals surface area contributed by atoms with E-state index < -0.39 is 5.54 Å². The van der Waals surface area contributed by atoms with Crippen LogP contribution in [-0.2, 0) is 5.54 Å². The van der Waals surface area contributed by atoms with E-state index in [9.17, 15) is 0 Å². The zero-order valence-corrected chi connectivity index (χ0v) is 14.2. The van der Waals surface area contributed by atoms with Crippen LogP contribution >= 0.6 is 12.4 Å².